The molecule has 1 aromatic heterocycles. The van der Waals surface area contributed by atoms with Gasteiger partial charge in [0.2, 0.25) is 0 Å². The molecule has 1 saturated heterocycles. The SMILES string of the molecule is Nc1c2c(nn1C1CCOCC1)CNCC2. The molecule has 3 heterocycles. The first-order chi connectivity index (χ1) is 7.86. The molecule has 5 nitrogen and oxygen atoms in total. The highest BCUT2D eigenvalue weighted by molar-refractivity contribution is 5.45. The number of rotatable bonds is 1. The zero-order valence-corrected chi connectivity index (χ0v) is 9.41. The van der Waals surface area contributed by atoms with E-state index in [-0.39, 0.29) is 0 Å². The van der Waals surface area contributed by atoms with Crippen LogP contribution in [0.2, 0.25) is 0 Å². The molecule has 0 spiro atoms. The Balaban J connectivity index is 1.91. The molecule has 1 fully saturated rings. The molecule has 0 radical (unpaired) electrons. The highest BCUT2D eigenvalue weighted by Crippen LogP contribution is 2.28. The standard InChI is InChI=1S/C11H18N4O/c12-11-9-1-4-13-7-10(9)14-15(11)8-2-5-16-6-3-8/h8,13H,1-7,12H2. The maximum Gasteiger partial charge on any atom is 0.125 e. The molecule has 0 unspecified atom stereocenters. The van der Waals surface area contributed by atoms with Crippen molar-refractivity contribution in [3.8, 4) is 0 Å². The fourth-order valence-corrected chi connectivity index (χ4v) is 2.57. The minimum Gasteiger partial charge on any atom is -0.384 e. The van der Waals surface area contributed by atoms with Crippen molar-refractivity contribution >= 4 is 5.82 Å². The summed E-state index contributed by atoms with van der Waals surface area (Å²) in [5, 5.41) is 7.98. The van der Waals surface area contributed by atoms with Crippen molar-refractivity contribution in [2.24, 2.45) is 0 Å². The zero-order valence-electron chi connectivity index (χ0n) is 9.41. The number of hydrogen-bond donors (Lipinski definition) is 2. The number of anilines is 1. The van der Waals surface area contributed by atoms with E-state index in [1.54, 1.807) is 0 Å². The summed E-state index contributed by atoms with van der Waals surface area (Å²) in [6.45, 7) is 3.52. The van der Waals surface area contributed by atoms with Crippen LogP contribution in [-0.2, 0) is 17.7 Å². The van der Waals surface area contributed by atoms with Gasteiger partial charge in [0.05, 0.1) is 11.7 Å². The second-order valence-electron chi connectivity index (χ2n) is 4.53. The van der Waals surface area contributed by atoms with Crippen LogP contribution in [0.5, 0.6) is 0 Å². The van der Waals surface area contributed by atoms with Crippen molar-refractivity contribution < 1.29 is 4.74 Å². The fourth-order valence-electron chi connectivity index (χ4n) is 2.57. The minimum absolute atomic E-state index is 0.430. The molecule has 0 saturated carbocycles. The summed E-state index contributed by atoms with van der Waals surface area (Å²) >= 11 is 0. The molecule has 2 aliphatic heterocycles. The summed E-state index contributed by atoms with van der Waals surface area (Å²) in [6, 6.07) is 0.430. The van der Waals surface area contributed by atoms with E-state index in [2.05, 4.69) is 10.4 Å². The second-order valence-corrected chi connectivity index (χ2v) is 4.53. The van der Waals surface area contributed by atoms with Crippen LogP contribution in [0.15, 0.2) is 0 Å². The summed E-state index contributed by atoms with van der Waals surface area (Å²) in [7, 11) is 0. The van der Waals surface area contributed by atoms with Gasteiger partial charge in [-0.25, -0.2) is 4.68 Å². The van der Waals surface area contributed by atoms with E-state index in [4.69, 9.17) is 10.5 Å². The molecule has 0 aromatic carbocycles. The Morgan fingerprint density at radius 2 is 2.19 bits per heavy atom. The number of nitrogens with one attached hydrogen (secondary N) is 1. The lowest BCUT2D eigenvalue weighted by Gasteiger charge is -2.23. The highest BCUT2D eigenvalue weighted by atomic mass is 16.5. The molecule has 5 heteroatoms. The average Bonchev–Trinajstić information content (AvgIpc) is 2.69. The van der Waals surface area contributed by atoms with Gasteiger partial charge >= 0.3 is 0 Å². The number of hydrogen-bond acceptors (Lipinski definition) is 4. The van der Waals surface area contributed by atoms with Gasteiger partial charge < -0.3 is 15.8 Å². The van der Waals surface area contributed by atoms with Crippen LogP contribution in [0.3, 0.4) is 0 Å². The summed E-state index contributed by atoms with van der Waals surface area (Å²) in [6.07, 6.45) is 3.06. The highest BCUT2D eigenvalue weighted by Gasteiger charge is 2.24. The molecule has 2 aliphatic rings. The Morgan fingerprint density at radius 1 is 1.38 bits per heavy atom. The third kappa shape index (κ3) is 1.60. The Kier molecular flexibility index (Phi) is 2.57. The molecule has 0 bridgehead atoms. The van der Waals surface area contributed by atoms with Gasteiger partial charge in [0.1, 0.15) is 5.82 Å². The van der Waals surface area contributed by atoms with Crippen LogP contribution in [-0.4, -0.2) is 29.5 Å². The van der Waals surface area contributed by atoms with Crippen LogP contribution < -0.4 is 11.1 Å². The molecule has 3 N–H and O–H groups in total. The molecule has 3 rings (SSSR count). The van der Waals surface area contributed by atoms with Crippen LogP contribution in [0, 0.1) is 0 Å². The molecule has 0 aliphatic carbocycles. The van der Waals surface area contributed by atoms with E-state index in [0.29, 0.717) is 6.04 Å². The molecular formula is C11H18N4O. The number of nitrogen functional groups attached to an aromatic ring is 1. The van der Waals surface area contributed by atoms with Gasteiger partial charge in [-0.2, -0.15) is 5.10 Å². The molecule has 16 heavy (non-hydrogen) atoms. The Labute approximate surface area is 94.9 Å². The van der Waals surface area contributed by atoms with E-state index < -0.39 is 0 Å². The van der Waals surface area contributed by atoms with Gasteiger partial charge in [-0.05, 0) is 25.8 Å². The third-order valence-corrected chi connectivity index (χ3v) is 3.51. The van der Waals surface area contributed by atoms with Crippen molar-refractivity contribution in [3.63, 3.8) is 0 Å². The predicted octanol–water partition coefficient (Wildman–Crippen LogP) is 0.462. The van der Waals surface area contributed by atoms with E-state index in [1.165, 1.54) is 5.56 Å². The predicted molar refractivity (Wildman–Crippen MR) is 61.1 cm³/mol. The van der Waals surface area contributed by atoms with Crippen molar-refractivity contribution in [2.75, 3.05) is 25.5 Å². The average molecular weight is 222 g/mol. The van der Waals surface area contributed by atoms with E-state index >= 15 is 0 Å². The topological polar surface area (TPSA) is 65.1 Å². The van der Waals surface area contributed by atoms with E-state index in [9.17, 15) is 0 Å². The summed E-state index contributed by atoms with van der Waals surface area (Å²) < 4.78 is 7.40. The zero-order chi connectivity index (χ0) is 11.0. The lowest BCUT2D eigenvalue weighted by molar-refractivity contribution is 0.0667. The lowest BCUT2D eigenvalue weighted by Crippen LogP contribution is -2.23. The quantitative estimate of drug-likeness (QED) is 0.724. The molecule has 88 valence electrons. The van der Waals surface area contributed by atoms with Crippen molar-refractivity contribution in [3.05, 3.63) is 11.3 Å². The van der Waals surface area contributed by atoms with E-state index in [1.807, 2.05) is 4.68 Å². The smallest absolute Gasteiger partial charge is 0.125 e. The first-order valence-electron chi connectivity index (χ1n) is 6.00. The van der Waals surface area contributed by atoms with Crippen molar-refractivity contribution in [2.45, 2.75) is 31.8 Å². The number of ether oxygens (including phenoxy) is 1. The molecular weight excluding hydrogens is 204 g/mol. The lowest BCUT2D eigenvalue weighted by atomic mass is 10.1. The van der Waals surface area contributed by atoms with Gasteiger partial charge in [0.15, 0.2) is 0 Å². The maximum atomic E-state index is 6.19. The Hall–Kier alpha value is -1.07. The van der Waals surface area contributed by atoms with Gasteiger partial charge in [-0.1, -0.05) is 0 Å². The van der Waals surface area contributed by atoms with Crippen LogP contribution in [0.4, 0.5) is 5.82 Å². The first kappa shape index (κ1) is 10.1. The minimum atomic E-state index is 0.430. The number of nitrogens with zero attached hydrogens (tertiary/aromatic N) is 2. The monoisotopic (exact) mass is 222 g/mol. The van der Waals surface area contributed by atoms with Crippen molar-refractivity contribution in [1.29, 1.82) is 0 Å². The second kappa shape index (κ2) is 4.07. The molecule has 0 amide bonds. The summed E-state index contributed by atoms with van der Waals surface area (Å²) in [4.78, 5) is 0. The van der Waals surface area contributed by atoms with Crippen molar-refractivity contribution in [1.82, 2.24) is 15.1 Å². The van der Waals surface area contributed by atoms with Gasteiger partial charge in [-0.15, -0.1) is 0 Å². The maximum absolute atomic E-state index is 6.19. The van der Waals surface area contributed by atoms with Crippen LogP contribution >= 0.6 is 0 Å². The Bertz CT molecular complexity index is 382. The largest absolute Gasteiger partial charge is 0.384 e. The Morgan fingerprint density at radius 3 is 2.94 bits per heavy atom. The number of fused-ring (bicyclic) bond motifs is 1. The van der Waals surface area contributed by atoms with Crippen LogP contribution in [0.25, 0.3) is 0 Å². The first-order valence-corrected chi connectivity index (χ1v) is 6.00. The van der Waals surface area contributed by atoms with Gasteiger partial charge in [0.25, 0.3) is 0 Å². The molecule has 0 atom stereocenters. The summed E-state index contributed by atoms with van der Waals surface area (Å²) in [5.41, 5.74) is 8.58. The molecule has 1 aromatic rings. The van der Waals surface area contributed by atoms with E-state index in [0.717, 1.165) is 57.1 Å². The summed E-state index contributed by atoms with van der Waals surface area (Å²) in [5.74, 6) is 0.878. The fraction of sp³-hybridized carbons (Fsp3) is 0.727. The number of nitrogens with two attached hydrogens (primary N) is 1. The van der Waals surface area contributed by atoms with Gasteiger partial charge in [-0.3, -0.25) is 0 Å². The normalized spacial score (nSPS) is 22.0. The number of aromatic nitrogens is 2. The van der Waals surface area contributed by atoms with Gasteiger partial charge in [0, 0.05) is 25.3 Å². The van der Waals surface area contributed by atoms with Crippen LogP contribution in [0.1, 0.15) is 30.1 Å². The third-order valence-electron chi connectivity index (χ3n) is 3.51.